The minimum Gasteiger partial charge on any atom is -0.394 e. The van der Waals surface area contributed by atoms with Crippen molar-refractivity contribution in [2.75, 3.05) is 6.61 Å². The molecule has 4 N–H and O–H groups in total. The van der Waals surface area contributed by atoms with E-state index in [-0.39, 0.29) is 0 Å². The second kappa shape index (κ2) is 6.54. The second-order valence-electron chi connectivity index (χ2n) is 5.32. The average Bonchev–Trinajstić information content (AvgIpc) is 2.55. The number of aliphatic hydroxyl groups excluding tert-OH is 4. The lowest BCUT2D eigenvalue weighted by Gasteiger charge is -2.39. The Bertz CT molecular complexity index is 647. The van der Waals surface area contributed by atoms with Crippen molar-refractivity contribution < 1.29 is 25.2 Å². The zero-order valence-corrected chi connectivity index (χ0v) is 12.6. The molecule has 1 fully saturated rings. The molecule has 0 spiro atoms. The van der Waals surface area contributed by atoms with Crippen LogP contribution >= 0.6 is 11.8 Å². The largest absolute Gasteiger partial charge is 0.394 e. The van der Waals surface area contributed by atoms with Crippen LogP contribution in [0.3, 0.4) is 0 Å². The number of benzene rings is 2. The van der Waals surface area contributed by atoms with Gasteiger partial charge in [-0.2, -0.15) is 0 Å². The predicted molar refractivity (Wildman–Crippen MR) is 83.6 cm³/mol. The van der Waals surface area contributed by atoms with Gasteiger partial charge in [0.05, 0.1) is 6.61 Å². The first-order valence-corrected chi connectivity index (χ1v) is 7.94. The van der Waals surface area contributed by atoms with Crippen molar-refractivity contribution in [2.45, 2.75) is 34.7 Å². The first-order valence-electron chi connectivity index (χ1n) is 7.06. The fourth-order valence-electron chi connectivity index (χ4n) is 2.54. The molecule has 0 amide bonds. The van der Waals surface area contributed by atoms with Gasteiger partial charge in [0, 0.05) is 4.90 Å². The Morgan fingerprint density at radius 1 is 0.909 bits per heavy atom. The first-order chi connectivity index (χ1) is 10.6. The standard InChI is InChI=1S/C16H18O5S/c17-8-12-13(18)14(19)15(20)16(21-12)22-11-6-5-9-3-1-2-4-10(9)7-11/h1-7,12-20H,8H2/t12-,13-,14+,15-,16+/m1/s1. The summed E-state index contributed by atoms with van der Waals surface area (Å²) in [4.78, 5) is 0.878. The highest BCUT2D eigenvalue weighted by Gasteiger charge is 2.43. The van der Waals surface area contributed by atoms with E-state index in [4.69, 9.17) is 4.74 Å². The van der Waals surface area contributed by atoms with Gasteiger partial charge in [0.15, 0.2) is 0 Å². The van der Waals surface area contributed by atoms with Crippen LogP contribution in [0.15, 0.2) is 47.4 Å². The molecule has 1 aliphatic rings. The van der Waals surface area contributed by atoms with Gasteiger partial charge in [-0.15, -0.1) is 0 Å². The Kier molecular flexibility index (Phi) is 4.67. The van der Waals surface area contributed by atoms with Crippen molar-refractivity contribution in [3.05, 3.63) is 42.5 Å². The second-order valence-corrected chi connectivity index (χ2v) is 6.50. The predicted octanol–water partition coefficient (Wildman–Crippen LogP) is 0.732. The molecule has 5 atom stereocenters. The Morgan fingerprint density at radius 3 is 2.36 bits per heavy atom. The number of fused-ring (bicyclic) bond motifs is 1. The molecule has 1 aliphatic heterocycles. The smallest absolute Gasteiger partial charge is 0.136 e. The van der Waals surface area contributed by atoms with Crippen LogP contribution < -0.4 is 0 Å². The molecular weight excluding hydrogens is 304 g/mol. The number of hydrogen-bond acceptors (Lipinski definition) is 6. The van der Waals surface area contributed by atoms with Crippen molar-refractivity contribution in [3.8, 4) is 0 Å². The third-order valence-corrected chi connectivity index (χ3v) is 4.97. The van der Waals surface area contributed by atoms with E-state index in [0.29, 0.717) is 0 Å². The molecule has 22 heavy (non-hydrogen) atoms. The first kappa shape index (κ1) is 15.7. The summed E-state index contributed by atoms with van der Waals surface area (Å²) in [7, 11) is 0. The Balaban J connectivity index is 1.80. The molecule has 0 unspecified atom stereocenters. The quantitative estimate of drug-likeness (QED) is 0.666. The monoisotopic (exact) mass is 322 g/mol. The molecule has 0 saturated carbocycles. The third kappa shape index (κ3) is 2.99. The highest BCUT2D eigenvalue weighted by molar-refractivity contribution is 7.99. The van der Waals surface area contributed by atoms with Gasteiger partial charge in [-0.05, 0) is 22.9 Å². The molecular formula is C16H18O5S. The zero-order valence-electron chi connectivity index (χ0n) is 11.7. The Labute approximate surface area is 132 Å². The molecule has 0 bridgehead atoms. The number of aliphatic hydroxyl groups is 4. The van der Waals surface area contributed by atoms with Crippen LogP contribution in [0, 0.1) is 0 Å². The minimum atomic E-state index is -1.34. The lowest BCUT2D eigenvalue weighted by atomic mass is 10.0. The molecule has 0 aliphatic carbocycles. The molecule has 0 radical (unpaired) electrons. The highest BCUT2D eigenvalue weighted by atomic mass is 32.2. The average molecular weight is 322 g/mol. The molecule has 118 valence electrons. The van der Waals surface area contributed by atoms with Gasteiger partial charge in [-0.3, -0.25) is 0 Å². The van der Waals surface area contributed by atoms with Crippen LogP contribution in [0.1, 0.15) is 0 Å². The lowest BCUT2D eigenvalue weighted by molar-refractivity contribution is -0.205. The van der Waals surface area contributed by atoms with Gasteiger partial charge in [0.1, 0.15) is 29.9 Å². The molecule has 2 aromatic carbocycles. The summed E-state index contributed by atoms with van der Waals surface area (Å²) in [5.74, 6) is 0. The molecule has 3 rings (SSSR count). The fraction of sp³-hybridized carbons (Fsp3) is 0.375. The van der Waals surface area contributed by atoms with E-state index in [1.165, 1.54) is 11.8 Å². The normalized spacial score (nSPS) is 32.3. The third-order valence-electron chi connectivity index (χ3n) is 3.82. The maximum absolute atomic E-state index is 10.1. The summed E-state index contributed by atoms with van der Waals surface area (Å²) < 4.78 is 5.50. The lowest BCUT2D eigenvalue weighted by Crippen LogP contribution is -2.57. The summed E-state index contributed by atoms with van der Waals surface area (Å²) in [5, 5.41) is 41.0. The molecule has 0 aromatic heterocycles. The van der Waals surface area contributed by atoms with E-state index in [0.717, 1.165) is 15.7 Å². The molecule has 2 aromatic rings. The number of hydrogen-bond donors (Lipinski definition) is 4. The fourth-order valence-corrected chi connectivity index (χ4v) is 3.65. The maximum atomic E-state index is 10.1. The van der Waals surface area contributed by atoms with E-state index >= 15 is 0 Å². The summed E-state index contributed by atoms with van der Waals surface area (Å²) in [6.45, 7) is -0.417. The molecule has 1 heterocycles. The SMILES string of the molecule is OC[C@H]1O[C@@H](Sc2ccc3ccccc3c2)[C@H](O)[C@@H](O)[C@@H]1O. The van der Waals surface area contributed by atoms with Crippen molar-refractivity contribution in [1.82, 2.24) is 0 Å². The minimum absolute atomic E-state index is 0.417. The van der Waals surface area contributed by atoms with E-state index < -0.39 is 36.5 Å². The number of ether oxygens (including phenoxy) is 1. The van der Waals surface area contributed by atoms with E-state index in [2.05, 4.69) is 0 Å². The highest BCUT2D eigenvalue weighted by Crippen LogP contribution is 2.34. The zero-order chi connectivity index (χ0) is 15.7. The summed E-state index contributed by atoms with van der Waals surface area (Å²) in [5.41, 5.74) is -0.753. The van der Waals surface area contributed by atoms with Crippen LogP contribution in [-0.2, 0) is 4.74 Å². The van der Waals surface area contributed by atoms with Gasteiger partial charge in [-0.25, -0.2) is 0 Å². The van der Waals surface area contributed by atoms with E-state index in [1.807, 2.05) is 42.5 Å². The van der Waals surface area contributed by atoms with Gasteiger partial charge in [0.2, 0.25) is 0 Å². The number of thioether (sulfide) groups is 1. The van der Waals surface area contributed by atoms with Crippen molar-refractivity contribution in [2.24, 2.45) is 0 Å². The Hall–Kier alpha value is -1.15. The van der Waals surface area contributed by atoms with Gasteiger partial charge < -0.3 is 25.2 Å². The topological polar surface area (TPSA) is 90.2 Å². The molecule has 1 saturated heterocycles. The van der Waals surface area contributed by atoms with Crippen LogP contribution in [0.25, 0.3) is 10.8 Å². The van der Waals surface area contributed by atoms with Crippen LogP contribution in [-0.4, -0.2) is 56.9 Å². The molecule has 6 heteroatoms. The van der Waals surface area contributed by atoms with Crippen LogP contribution in [0.2, 0.25) is 0 Å². The van der Waals surface area contributed by atoms with E-state index in [9.17, 15) is 20.4 Å². The van der Waals surface area contributed by atoms with Crippen LogP contribution in [0.4, 0.5) is 0 Å². The van der Waals surface area contributed by atoms with Gasteiger partial charge in [0.25, 0.3) is 0 Å². The van der Waals surface area contributed by atoms with Crippen molar-refractivity contribution >= 4 is 22.5 Å². The molecule has 5 nitrogen and oxygen atoms in total. The number of rotatable bonds is 3. The summed E-state index contributed by atoms with van der Waals surface area (Å²) in [6, 6.07) is 13.8. The summed E-state index contributed by atoms with van der Waals surface area (Å²) >= 11 is 1.26. The van der Waals surface area contributed by atoms with Crippen molar-refractivity contribution in [3.63, 3.8) is 0 Å². The van der Waals surface area contributed by atoms with E-state index in [1.54, 1.807) is 0 Å². The van der Waals surface area contributed by atoms with Gasteiger partial charge >= 0.3 is 0 Å². The van der Waals surface area contributed by atoms with Crippen molar-refractivity contribution in [1.29, 1.82) is 0 Å². The summed E-state index contributed by atoms with van der Waals surface area (Å²) in [6.07, 6.45) is -4.78. The Morgan fingerprint density at radius 2 is 1.64 bits per heavy atom. The van der Waals surface area contributed by atoms with Gasteiger partial charge in [-0.1, -0.05) is 42.1 Å². The maximum Gasteiger partial charge on any atom is 0.136 e. The van der Waals surface area contributed by atoms with Crippen LogP contribution in [0.5, 0.6) is 0 Å².